The minimum absolute atomic E-state index is 0.408. The molecule has 0 amide bonds. The van der Waals surface area contributed by atoms with Gasteiger partial charge >= 0.3 is 0 Å². The Kier molecular flexibility index (Phi) is 3.45. The number of benzene rings is 1. The molecule has 0 fully saturated rings. The zero-order valence-electron chi connectivity index (χ0n) is 12.0. The molecule has 0 aliphatic heterocycles. The van der Waals surface area contributed by atoms with E-state index < -0.39 is 10.0 Å². The Morgan fingerprint density at radius 2 is 2.09 bits per heavy atom. The summed E-state index contributed by atoms with van der Waals surface area (Å²) in [5.74, 6) is 0.553. The molecular weight excluding hydrogens is 304 g/mol. The van der Waals surface area contributed by atoms with Crippen molar-refractivity contribution >= 4 is 21.4 Å². The fourth-order valence-corrected chi connectivity index (χ4v) is 2.69. The van der Waals surface area contributed by atoms with E-state index in [9.17, 15) is 8.42 Å². The van der Waals surface area contributed by atoms with Crippen molar-refractivity contribution in [1.82, 2.24) is 14.6 Å². The highest BCUT2D eigenvalue weighted by atomic mass is 32.2. The number of hydrogen-bond acceptors (Lipinski definition) is 5. The third-order valence-electron chi connectivity index (χ3n) is 3.03. The number of imidazole rings is 1. The van der Waals surface area contributed by atoms with E-state index in [-0.39, 0.29) is 0 Å². The van der Waals surface area contributed by atoms with Crippen molar-refractivity contribution in [2.45, 2.75) is 0 Å². The van der Waals surface area contributed by atoms with E-state index in [0.29, 0.717) is 28.3 Å². The molecule has 0 atom stereocenters. The van der Waals surface area contributed by atoms with Crippen molar-refractivity contribution in [2.24, 2.45) is 0 Å². The topological polar surface area (TPSA) is 85.6 Å². The van der Waals surface area contributed by atoms with Crippen LogP contribution in [-0.2, 0) is 10.0 Å². The first-order valence-electron chi connectivity index (χ1n) is 6.43. The molecule has 2 heterocycles. The van der Waals surface area contributed by atoms with E-state index in [1.54, 1.807) is 41.2 Å². The smallest absolute Gasteiger partial charge is 0.229 e. The summed E-state index contributed by atoms with van der Waals surface area (Å²) in [5, 5.41) is 4.16. The lowest BCUT2D eigenvalue weighted by Crippen LogP contribution is -2.10. The highest BCUT2D eigenvalue weighted by Crippen LogP contribution is 2.31. The van der Waals surface area contributed by atoms with E-state index >= 15 is 0 Å². The van der Waals surface area contributed by atoms with E-state index in [1.165, 1.54) is 7.11 Å². The van der Waals surface area contributed by atoms with Gasteiger partial charge in [-0.1, -0.05) is 0 Å². The lowest BCUT2D eigenvalue weighted by molar-refractivity contribution is 0.415. The molecule has 0 spiro atoms. The third kappa shape index (κ3) is 2.86. The summed E-state index contributed by atoms with van der Waals surface area (Å²) in [6.45, 7) is 0. The van der Waals surface area contributed by atoms with Crippen LogP contribution in [0.25, 0.3) is 16.9 Å². The number of nitrogens with zero attached hydrogens (tertiary/aromatic N) is 3. The van der Waals surface area contributed by atoms with E-state index in [4.69, 9.17) is 4.74 Å². The quantitative estimate of drug-likeness (QED) is 0.792. The summed E-state index contributed by atoms with van der Waals surface area (Å²) in [7, 11) is -1.90. The van der Waals surface area contributed by atoms with Crippen molar-refractivity contribution in [1.29, 1.82) is 0 Å². The third-order valence-corrected chi connectivity index (χ3v) is 3.63. The van der Waals surface area contributed by atoms with Crippen LogP contribution in [0.15, 0.2) is 42.7 Å². The van der Waals surface area contributed by atoms with Gasteiger partial charge in [-0.05, 0) is 24.3 Å². The largest absolute Gasteiger partial charge is 0.497 e. The minimum atomic E-state index is -3.42. The van der Waals surface area contributed by atoms with Crippen LogP contribution in [0.1, 0.15) is 0 Å². The number of fused-ring (bicyclic) bond motifs is 1. The molecule has 0 bridgehead atoms. The number of hydrogen-bond donors (Lipinski definition) is 1. The Hall–Kier alpha value is -2.61. The first kappa shape index (κ1) is 14.3. The van der Waals surface area contributed by atoms with Gasteiger partial charge in [0, 0.05) is 17.8 Å². The Labute approximate surface area is 127 Å². The Morgan fingerprint density at radius 1 is 1.27 bits per heavy atom. The van der Waals surface area contributed by atoms with Gasteiger partial charge in [-0.15, -0.1) is 0 Å². The van der Waals surface area contributed by atoms with Gasteiger partial charge in [0.15, 0.2) is 5.65 Å². The number of anilines is 1. The second kappa shape index (κ2) is 5.30. The zero-order chi connectivity index (χ0) is 15.7. The van der Waals surface area contributed by atoms with E-state index in [0.717, 1.165) is 6.26 Å². The van der Waals surface area contributed by atoms with E-state index in [1.807, 2.05) is 6.07 Å². The van der Waals surface area contributed by atoms with Crippen LogP contribution in [0, 0.1) is 0 Å². The fraction of sp³-hybridized carbons (Fsp3) is 0.143. The average Bonchev–Trinajstić information content (AvgIpc) is 2.89. The standard InChI is InChI=1S/C14H14N4O3S/c1-21-10-5-6-11(12(8-10)17-22(2,19)20)13-9-18-14(16-13)4-3-7-15-18/h3-9,17H,1-2H3. The molecule has 7 nitrogen and oxygen atoms in total. The van der Waals surface area contributed by atoms with Crippen molar-refractivity contribution in [3.8, 4) is 17.0 Å². The van der Waals surface area contributed by atoms with Crippen LogP contribution in [0.4, 0.5) is 5.69 Å². The van der Waals surface area contributed by atoms with Crippen molar-refractivity contribution in [2.75, 3.05) is 18.1 Å². The Morgan fingerprint density at radius 3 is 2.77 bits per heavy atom. The molecule has 3 rings (SSSR count). The molecule has 0 unspecified atom stereocenters. The lowest BCUT2D eigenvalue weighted by Gasteiger charge is -2.10. The number of nitrogens with one attached hydrogen (secondary N) is 1. The highest BCUT2D eigenvalue weighted by molar-refractivity contribution is 7.92. The summed E-state index contributed by atoms with van der Waals surface area (Å²) in [6, 6.07) is 8.74. The maximum atomic E-state index is 11.6. The highest BCUT2D eigenvalue weighted by Gasteiger charge is 2.13. The van der Waals surface area contributed by atoms with Gasteiger partial charge in [-0.2, -0.15) is 5.10 Å². The van der Waals surface area contributed by atoms with E-state index in [2.05, 4.69) is 14.8 Å². The van der Waals surface area contributed by atoms with Crippen LogP contribution < -0.4 is 9.46 Å². The molecule has 0 saturated heterocycles. The monoisotopic (exact) mass is 318 g/mol. The Balaban J connectivity index is 2.16. The molecule has 114 valence electrons. The Bertz CT molecular complexity index is 901. The molecule has 2 aromatic heterocycles. The van der Waals surface area contributed by atoms with Gasteiger partial charge < -0.3 is 4.74 Å². The minimum Gasteiger partial charge on any atom is -0.497 e. The SMILES string of the molecule is COc1ccc(-c2cn3ncccc3n2)c(NS(C)(=O)=O)c1. The first-order chi connectivity index (χ1) is 10.5. The molecule has 0 aliphatic rings. The molecule has 22 heavy (non-hydrogen) atoms. The predicted octanol–water partition coefficient (Wildman–Crippen LogP) is 1.78. The molecular formula is C14H14N4O3S. The lowest BCUT2D eigenvalue weighted by atomic mass is 10.1. The summed E-state index contributed by atoms with van der Waals surface area (Å²) in [4.78, 5) is 4.45. The van der Waals surface area contributed by atoms with Crippen LogP contribution in [0.2, 0.25) is 0 Å². The number of aromatic nitrogens is 3. The average molecular weight is 318 g/mol. The molecule has 8 heteroatoms. The molecule has 3 aromatic rings. The van der Waals surface area contributed by atoms with Crippen molar-refractivity contribution in [3.63, 3.8) is 0 Å². The summed E-state index contributed by atoms with van der Waals surface area (Å²) in [5.41, 5.74) is 2.35. The number of sulfonamides is 1. The van der Waals surface area contributed by atoms with Crippen LogP contribution >= 0.6 is 0 Å². The molecule has 1 aromatic carbocycles. The summed E-state index contributed by atoms with van der Waals surface area (Å²) in [6.07, 6.45) is 4.49. The summed E-state index contributed by atoms with van der Waals surface area (Å²) < 4.78 is 32.4. The van der Waals surface area contributed by atoms with Crippen LogP contribution in [0.3, 0.4) is 0 Å². The zero-order valence-corrected chi connectivity index (χ0v) is 12.8. The second-order valence-corrected chi connectivity index (χ2v) is 6.49. The van der Waals surface area contributed by atoms with Gasteiger partial charge in [0.1, 0.15) is 5.75 Å². The second-order valence-electron chi connectivity index (χ2n) is 4.74. The molecule has 0 aliphatic carbocycles. The predicted molar refractivity (Wildman–Crippen MR) is 83.4 cm³/mol. The molecule has 0 radical (unpaired) electrons. The van der Waals surface area contributed by atoms with Crippen LogP contribution in [0.5, 0.6) is 5.75 Å². The van der Waals surface area contributed by atoms with Crippen molar-refractivity contribution in [3.05, 3.63) is 42.7 Å². The summed E-state index contributed by atoms with van der Waals surface area (Å²) >= 11 is 0. The van der Waals surface area contributed by atoms with Gasteiger partial charge in [0.05, 0.1) is 30.9 Å². The molecule has 1 N–H and O–H groups in total. The van der Waals surface area contributed by atoms with Gasteiger partial charge in [-0.3, -0.25) is 4.72 Å². The number of ether oxygens (including phenoxy) is 1. The molecule has 0 saturated carbocycles. The maximum absolute atomic E-state index is 11.6. The normalized spacial score (nSPS) is 11.5. The van der Waals surface area contributed by atoms with Gasteiger partial charge in [0.25, 0.3) is 0 Å². The number of rotatable bonds is 4. The van der Waals surface area contributed by atoms with Crippen LogP contribution in [-0.4, -0.2) is 36.4 Å². The number of methoxy groups -OCH3 is 1. The van der Waals surface area contributed by atoms with Gasteiger partial charge in [0.2, 0.25) is 10.0 Å². The fourth-order valence-electron chi connectivity index (χ4n) is 2.12. The maximum Gasteiger partial charge on any atom is 0.229 e. The van der Waals surface area contributed by atoms with Gasteiger partial charge in [-0.25, -0.2) is 17.9 Å². The first-order valence-corrected chi connectivity index (χ1v) is 8.32. The van der Waals surface area contributed by atoms with Crippen molar-refractivity contribution < 1.29 is 13.2 Å².